The zero-order valence-corrected chi connectivity index (χ0v) is 18.1. The summed E-state index contributed by atoms with van der Waals surface area (Å²) in [5.74, 6) is 0.122. The number of carbonyl (C=O) groups excluding carboxylic acids is 1. The number of hydrogen-bond donors (Lipinski definition) is 2. The lowest BCUT2D eigenvalue weighted by Gasteiger charge is -2.37. The Morgan fingerprint density at radius 1 is 1.17 bits per heavy atom. The van der Waals surface area contributed by atoms with Crippen molar-refractivity contribution in [1.29, 1.82) is 0 Å². The van der Waals surface area contributed by atoms with E-state index in [1.807, 2.05) is 4.90 Å². The number of aryl methyl sites for hydroxylation is 1. The van der Waals surface area contributed by atoms with Gasteiger partial charge in [0.25, 0.3) is 0 Å². The van der Waals surface area contributed by atoms with E-state index in [9.17, 15) is 14.7 Å². The molecule has 2 aromatic rings. The summed E-state index contributed by atoms with van der Waals surface area (Å²) in [7, 11) is 0. The number of hydrogen-bond acceptors (Lipinski definition) is 4. The monoisotopic (exact) mass is 453 g/mol. The molecule has 30 heavy (non-hydrogen) atoms. The molecule has 0 radical (unpaired) electrons. The highest BCUT2D eigenvalue weighted by Gasteiger charge is 2.29. The average Bonchev–Trinajstić information content (AvgIpc) is 3.22. The molecule has 0 aliphatic carbocycles. The molecule has 0 unspecified atom stereocenters. The number of H-pyrrole nitrogens is 1. The van der Waals surface area contributed by atoms with Gasteiger partial charge in [-0.15, -0.1) is 5.10 Å². The maximum atomic E-state index is 12.5. The molecule has 162 valence electrons. The van der Waals surface area contributed by atoms with Crippen molar-refractivity contribution in [1.82, 2.24) is 25.2 Å². The molecular weight excluding hydrogens is 429 g/mol. The van der Waals surface area contributed by atoms with Gasteiger partial charge in [-0.3, -0.25) is 9.89 Å². The Morgan fingerprint density at radius 3 is 2.47 bits per heavy atom. The highest BCUT2D eigenvalue weighted by atomic mass is 35.5. The number of carboxylic acid groups (broad SMARTS) is 1. The summed E-state index contributed by atoms with van der Waals surface area (Å²) in [5.41, 5.74) is 1.65. The van der Waals surface area contributed by atoms with Gasteiger partial charge < -0.3 is 14.9 Å². The molecule has 1 saturated heterocycles. The van der Waals surface area contributed by atoms with E-state index in [-0.39, 0.29) is 18.5 Å². The maximum Gasteiger partial charge on any atom is 0.407 e. The van der Waals surface area contributed by atoms with Gasteiger partial charge in [-0.25, -0.2) is 4.79 Å². The number of halogens is 2. The van der Waals surface area contributed by atoms with E-state index in [4.69, 9.17) is 23.2 Å². The lowest BCUT2D eigenvalue weighted by atomic mass is 10.0. The minimum atomic E-state index is -0.983. The van der Waals surface area contributed by atoms with Gasteiger partial charge in [0.15, 0.2) is 0 Å². The van der Waals surface area contributed by atoms with Gasteiger partial charge in [0.2, 0.25) is 5.91 Å². The maximum absolute atomic E-state index is 12.5. The molecule has 1 aliphatic heterocycles. The van der Waals surface area contributed by atoms with Crippen LogP contribution in [0.3, 0.4) is 0 Å². The van der Waals surface area contributed by atoms with Crippen molar-refractivity contribution >= 4 is 35.2 Å². The van der Waals surface area contributed by atoms with E-state index >= 15 is 0 Å². The Hall–Kier alpha value is -2.32. The molecule has 2 amide bonds. The third kappa shape index (κ3) is 6.34. The second kappa shape index (κ2) is 10.6. The smallest absolute Gasteiger partial charge is 0.407 e. The van der Waals surface area contributed by atoms with Gasteiger partial charge in [0.05, 0.1) is 5.69 Å². The van der Waals surface area contributed by atoms with Crippen LogP contribution in [0.2, 0.25) is 10.0 Å². The van der Waals surface area contributed by atoms with Crippen molar-refractivity contribution in [3.8, 4) is 0 Å². The van der Waals surface area contributed by atoms with E-state index in [0.29, 0.717) is 42.4 Å². The van der Waals surface area contributed by atoms with Gasteiger partial charge in [-0.05, 0) is 55.9 Å². The number of piperidine rings is 1. The molecule has 10 heteroatoms. The quantitative estimate of drug-likeness (QED) is 0.587. The van der Waals surface area contributed by atoms with Gasteiger partial charge in [0, 0.05) is 48.3 Å². The molecule has 8 nitrogen and oxygen atoms in total. The van der Waals surface area contributed by atoms with Crippen LogP contribution in [0.5, 0.6) is 0 Å². The Balaban J connectivity index is 1.46. The molecule has 0 atom stereocenters. The normalized spacial score (nSPS) is 14.7. The standard InChI is InChI=1S/C20H25Cl2N5O3/c21-15-9-14(10-16(22)11-15)13-27(20(29)30)18-5-7-26(8-6-18)19(28)4-2-1-3-17-12-23-25-24-17/h9-12,18H,1-8,13H2,(H,29,30)(H,23,24,25). The van der Waals surface area contributed by atoms with Crippen LogP contribution < -0.4 is 0 Å². The number of nitrogens with zero attached hydrogens (tertiary/aromatic N) is 4. The Kier molecular flexibility index (Phi) is 7.93. The van der Waals surface area contributed by atoms with Crippen LogP contribution in [0.15, 0.2) is 24.4 Å². The number of benzene rings is 1. The minimum Gasteiger partial charge on any atom is -0.465 e. The van der Waals surface area contributed by atoms with Crippen molar-refractivity contribution in [2.75, 3.05) is 13.1 Å². The number of aromatic nitrogens is 3. The number of unbranched alkanes of at least 4 members (excludes halogenated alkanes) is 1. The molecule has 1 fully saturated rings. The largest absolute Gasteiger partial charge is 0.465 e. The van der Waals surface area contributed by atoms with Gasteiger partial charge >= 0.3 is 6.09 Å². The lowest BCUT2D eigenvalue weighted by molar-refractivity contribution is -0.132. The summed E-state index contributed by atoms with van der Waals surface area (Å²) >= 11 is 12.1. The first kappa shape index (κ1) is 22.4. The minimum absolute atomic E-state index is 0.122. The summed E-state index contributed by atoms with van der Waals surface area (Å²) in [6.45, 7) is 1.34. The third-order valence-corrected chi connectivity index (χ3v) is 5.76. The zero-order valence-electron chi connectivity index (χ0n) is 16.6. The predicted molar refractivity (Wildman–Crippen MR) is 114 cm³/mol. The first-order chi connectivity index (χ1) is 14.4. The molecule has 0 bridgehead atoms. The zero-order chi connectivity index (χ0) is 21.5. The van der Waals surface area contributed by atoms with Crippen LogP contribution >= 0.6 is 23.2 Å². The molecule has 1 aromatic heterocycles. The van der Waals surface area contributed by atoms with Crippen LogP contribution in [-0.4, -0.2) is 61.4 Å². The summed E-state index contributed by atoms with van der Waals surface area (Å²) < 4.78 is 0. The highest BCUT2D eigenvalue weighted by molar-refractivity contribution is 6.34. The average molecular weight is 454 g/mol. The summed E-state index contributed by atoms with van der Waals surface area (Å²) in [5, 5.41) is 20.9. The summed E-state index contributed by atoms with van der Waals surface area (Å²) in [4.78, 5) is 27.6. The van der Waals surface area contributed by atoms with Gasteiger partial charge in [-0.1, -0.05) is 28.4 Å². The molecule has 2 heterocycles. The first-order valence-electron chi connectivity index (χ1n) is 10.00. The molecule has 2 N–H and O–H groups in total. The van der Waals surface area contributed by atoms with Crippen molar-refractivity contribution in [3.05, 3.63) is 45.7 Å². The van der Waals surface area contributed by atoms with Crippen molar-refractivity contribution in [2.45, 2.75) is 51.1 Å². The fourth-order valence-corrected chi connectivity index (χ4v) is 4.34. The number of likely N-dealkylation sites (tertiary alicyclic amines) is 1. The number of amides is 2. The number of nitrogens with one attached hydrogen (secondary N) is 1. The third-order valence-electron chi connectivity index (χ3n) is 5.32. The van der Waals surface area contributed by atoms with Crippen LogP contribution in [0.4, 0.5) is 4.79 Å². The number of carbonyl (C=O) groups is 2. The van der Waals surface area contributed by atoms with Crippen molar-refractivity contribution in [3.63, 3.8) is 0 Å². The van der Waals surface area contributed by atoms with E-state index in [1.165, 1.54) is 4.90 Å². The second-order valence-corrected chi connectivity index (χ2v) is 8.34. The van der Waals surface area contributed by atoms with Crippen LogP contribution in [-0.2, 0) is 17.8 Å². The molecule has 0 saturated carbocycles. The van der Waals surface area contributed by atoms with Crippen molar-refractivity contribution in [2.24, 2.45) is 0 Å². The fraction of sp³-hybridized carbons (Fsp3) is 0.500. The molecular formula is C20H25Cl2N5O3. The van der Waals surface area contributed by atoms with E-state index in [1.54, 1.807) is 24.4 Å². The lowest BCUT2D eigenvalue weighted by Crippen LogP contribution is -2.48. The van der Waals surface area contributed by atoms with Crippen LogP contribution in [0.1, 0.15) is 43.4 Å². The fourth-order valence-electron chi connectivity index (χ4n) is 3.77. The number of rotatable bonds is 8. The van der Waals surface area contributed by atoms with Crippen LogP contribution in [0, 0.1) is 0 Å². The molecule has 1 aliphatic rings. The Morgan fingerprint density at radius 2 is 1.87 bits per heavy atom. The highest BCUT2D eigenvalue weighted by Crippen LogP contribution is 2.24. The SMILES string of the molecule is O=C(CCCCc1c[nH]nn1)N1CCC(N(Cc2cc(Cl)cc(Cl)c2)C(=O)O)CC1. The predicted octanol–water partition coefficient (Wildman–Crippen LogP) is 4.00. The van der Waals surface area contributed by atoms with E-state index < -0.39 is 6.09 Å². The van der Waals surface area contributed by atoms with E-state index in [0.717, 1.165) is 30.5 Å². The van der Waals surface area contributed by atoms with Gasteiger partial charge in [-0.2, -0.15) is 0 Å². The topological polar surface area (TPSA) is 102 Å². The Bertz CT molecular complexity index is 834. The first-order valence-corrected chi connectivity index (χ1v) is 10.8. The molecule has 3 rings (SSSR count). The molecule has 0 spiro atoms. The number of aromatic amines is 1. The van der Waals surface area contributed by atoms with Gasteiger partial charge in [0.1, 0.15) is 0 Å². The van der Waals surface area contributed by atoms with Crippen LogP contribution in [0.25, 0.3) is 0 Å². The molecule has 1 aromatic carbocycles. The summed E-state index contributed by atoms with van der Waals surface area (Å²) in [6.07, 6.45) is 4.98. The second-order valence-electron chi connectivity index (χ2n) is 7.47. The summed E-state index contributed by atoms with van der Waals surface area (Å²) in [6, 6.07) is 4.92. The van der Waals surface area contributed by atoms with E-state index in [2.05, 4.69) is 15.4 Å². The Labute approximate surface area is 185 Å². The van der Waals surface area contributed by atoms with Crippen molar-refractivity contribution < 1.29 is 14.7 Å².